The van der Waals surface area contributed by atoms with Crippen molar-refractivity contribution < 1.29 is 19.1 Å². The van der Waals surface area contributed by atoms with Crippen LogP contribution in [0, 0.1) is 5.82 Å². The number of hydrogen-bond acceptors (Lipinski definition) is 2. The predicted octanol–water partition coefficient (Wildman–Crippen LogP) is 2.30. The lowest BCUT2D eigenvalue weighted by Crippen LogP contribution is -2.34. The Morgan fingerprint density at radius 3 is 2.58 bits per heavy atom. The van der Waals surface area contributed by atoms with E-state index in [0.717, 1.165) is 0 Å². The van der Waals surface area contributed by atoms with E-state index in [1.165, 1.54) is 18.2 Å². The minimum atomic E-state index is -0.973. The lowest BCUT2D eigenvalue weighted by Gasteiger charge is -2.18. The highest BCUT2D eigenvalue weighted by molar-refractivity contribution is 5.84. The van der Waals surface area contributed by atoms with Gasteiger partial charge >= 0.3 is 5.97 Å². The second kappa shape index (κ2) is 6.87. The highest BCUT2D eigenvalue weighted by atomic mass is 19.1. The minimum absolute atomic E-state index is 0.0478. The van der Waals surface area contributed by atoms with Gasteiger partial charge < -0.3 is 10.4 Å². The molecule has 1 amide bonds. The van der Waals surface area contributed by atoms with Gasteiger partial charge in [0.25, 0.3) is 0 Å². The highest BCUT2D eigenvalue weighted by Gasteiger charge is 2.22. The molecular weight excluding hydrogens is 249 g/mol. The number of hydrogen-bond donors (Lipinski definition) is 2. The quantitative estimate of drug-likeness (QED) is 0.831. The summed E-state index contributed by atoms with van der Waals surface area (Å²) in [5.41, 5.74) is 0.499. The van der Waals surface area contributed by atoms with Crippen LogP contribution in [0.1, 0.15) is 38.2 Å². The van der Waals surface area contributed by atoms with Crippen LogP contribution in [0.4, 0.5) is 4.39 Å². The summed E-state index contributed by atoms with van der Waals surface area (Å²) in [6, 6.07) is 5.66. The first-order valence-corrected chi connectivity index (χ1v) is 6.17. The van der Waals surface area contributed by atoms with Crippen molar-refractivity contribution in [3.63, 3.8) is 0 Å². The summed E-state index contributed by atoms with van der Waals surface area (Å²) in [5, 5.41) is 11.5. The van der Waals surface area contributed by atoms with Crippen LogP contribution in [0.25, 0.3) is 0 Å². The molecule has 0 radical (unpaired) electrons. The van der Waals surface area contributed by atoms with Crippen molar-refractivity contribution in [2.24, 2.45) is 0 Å². The fraction of sp³-hybridized carbons (Fsp3) is 0.429. The molecule has 0 saturated carbocycles. The molecule has 1 atom stereocenters. The maximum Gasteiger partial charge on any atom is 0.303 e. The average molecular weight is 267 g/mol. The molecule has 2 N–H and O–H groups in total. The number of carbonyl (C=O) groups excluding carboxylic acids is 1. The zero-order valence-corrected chi connectivity index (χ0v) is 11.0. The van der Waals surface area contributed by atoms with Gasteiger partial charge in [-0.05, 0) is 38.0 Å². The van der Waals surface area contributed by atoms with Crippen molar-refractivity contribution in [3.05, 3.63) is 35.6 Å². The van der Waals surface area contributed by atoms with Gasteiger partial charge in [-0.1, -0.05) is 12.1 Å². The number of amides is 1. The number of carbonyl (C=O) groups is 2. The molecule has 104 valence electrons. The van der Waals surface area contributed by atoms with Crippen molar-refractivity contribution in [1.29, 1.82) is 0 Å². The summed E-state index contributed by atoms with van der Waals surface area (Å²) in [6.45, 7) is 3.63. The molecule has 0 fully saturated rings. The molecule has 1 unspecified atom stereocenters. The van der Waals surface area contributed by atoms with Gasteiger partial charge in [-0.2, -0.15) is 0 Å². The van der Waals surface area contributed by atoms with Crippen LogP contribution < -0.4 is 5.32 Å². The number of aliphatic carboxylic acids is 1. The number of rotatable bonds is 6. The molecule has 0 aromatic heterocycles. The number of halogens is 1. The third kappa shape index (κ3) is 5.07. The van der Waals surface area contributed by atoms with Gasteiger partial charge in [0, 0.05) is 12.5 Å². The molecule has 0 aliphatic rings. The summed E-state index contributed by atoms with van der Waals surface area (Å²) < 4.78 is 13.2. The first kappa shape index (κ1) is 15.1. The van der Waals surface area contributed by atoms with Gasteiger partial charge in [-0.25, -0.2) is 4.39 Å². The molecular formula is C14H18FNO3. The maximum atomic E-state index is 13.2. The minimum Gasteiger partial charge on any atom is -0.481 e. The van der Waals surface area contributed by atoms with E-state index in [-0.39, 0.29) is 24.8 Å². The van der Waals surface area contributed by atoms with E-state index >= 15 is 0 Å². The fourth-order valence-electron chi connectivity index (χ4n) is 1.83. The van der Waals surface area contributed by atoms with E-state index in [1.54, 1.807) is 6.07 Å². The molecule has 0 aliphatic carbocycles. The van der Waals surface area contributed by atoms with Crippen LogP contribution in [0.15, 0.2) is 24.3 Å². The van der Waals surface area contributed by atoms with Crippen LogP contribution in [0.2, 0.25) is 0 Å². The second-order valence-electron chi connectivity index (χ2n) is 4.70. The van der Waals surface area contributed by atoms with Gasteiger partial charge in [0.1, 0.15) is 5.82 Å². The third-order valence-electron chi connectivity index (χ3n) is 2.65. The van der Waals surface area contributed by atoms with Gasteiger partial charge in [-0.15, -0.1) is 0 Å². The molecule has 0 saturated heterocycles. The molecule has 4 nitrogen and oxygen atoms in total. The van der Waals surface area contributed by atoms with Gasteiger partial charge in [0.15, 0.2) is 0 Å². The summed E-state index contributed by atoms with van der Waals surface area (Å²) in [4.78, 5) is 22.7. The zero-order chi connectivity index (χ0) is 14.4. The van der Waals surface area contributed by atoms with E-state index in [9.17, 15) is 14.0 Å². The maximum absolute atomic E-state index is 13.2. The lowest BCUT2D eigenvalue weighted by atomic mass is 9.93. The van der Waals surface area contributed by atoms with Gasteiger partial charge in [0.05, 0.1) is 5.92 Å². The summed E-state index contributed by atoms with van der Waals surface area (Å²) in [5.74, 6) is -2.33. The van der Waals surface area contributed by atoms with E-state index in [4.69, 9.17) is 5.11 Å². The Labute approximate surface area is 111 Å². The standard InChI is InChI=1S/C14H18FNO3/c1-9(2)16-14(19)12(6-7-13(17)18)10-4-3-5-11(15)8-10/h3-5,8-9,12H,6-7H2,1-2H3,(H,16,19)(H,17,18). The number of carboxylic acids is 1. The number of carboxylic acid groups (broad SMARTS) is 1. The Morgan fingerprint density at radius 1 is 1.37 bits per heavy atom. The summed E-state index contributed by atoms with van der Waals surface area (Å²) in [6.07, 6.45) is 0.0179. The molecule has 19 heavy (non-hydrogen) atoms. The molecule has 5 heteroatoms. The molecule has 1 rings (SSSR count). The van der Waals surface area contributed by atoms with Crippen molar-refractivity contribution in [1.82, 2.24) is 5.32 Å². The Balaban J connectivity index is 2.91. The van der Waals surface area contributed by atoms with Crippen LogP contribution in [0.3, 0.4) is 0 Å². The monoisotopic (exact) mass is 267 g/mol. The van der Waals surface area contributed by atoms with Crippen molar-refractivity contribution in [3.8, 4) is 0 Å². The second-order valence-corrected chi connectivity index (χ2v) is 4.70. The van der Waals surface area contributed by atoms with Crippen LogP contribution in [-0.2, 0) is 9.59 Å². The largest absolute Gasteiger partial charge is 0.481 e. The predicted molar refractivity (Wildman–Crippen MR) is 69.3 cm³/mol. The molecule has 0 heterocycles. The molecule has 0 spiro atoms. The molecule has 1 aromatic rings. The number of nitrogens with one attached hydrogen (secondary N) is 1. The summed E-state index contributed by atoms with van der Waals surface area (Å²) >= 11 is 0. The van der Waals surface area contributed by atoms with E-state index in [2.05, 4.69) is 5.32 Å². The Kier molecular flexibility index (Phi) is 5.48. The van der Waals surface area contributed by atoms with Crippen molar-refractivity contribution in [2.75, 3.05) is 0 Å². The van der Waals surface area contributed by atoms with Crippen LogP contribution in [0.5, 0.6) is 0 Å². The van der Waals surface area contributed by atoms with Crippen LogP contribution in [-0.4, -0.2) is 23.0 Å². The zero-order valence-electron chi connectivity index (χ0n) is 11.0. The van der Waals surface area contributed by atoms with E-state index < -0.39 is 17.7 Å². The molecule has 0 aliphatic heterocycles. The first-order chi connectivity index (χ1) is 8.90. The highest BCUT2D eigenvalue weighted by Crippen LogP contribution is 2.22. The van der Waals surface area contributed by atoms with Crippen molar-refractivity contribution >= 4 is 11.9 Å². The Hall–Kier alpha value is -1.91. The lowest BCUT2D eigenvalue weighted by molar-refractivity contribution is -0.137. The fourth-order valence-corrected chi connectivity index (χ4v) is 1.83. The third-order valence-corrected chi connectivity index (χ3v) is 2.65. The number of benzene rings is 1. The molecule has 0 bridgehead atoms. The van der Waals surface area contributed by atoms with Gasteiger partial charge in [0.2, 0.25) is 5.91 Å². The van der Waals surface area contributed by atoms with E-state index in [1.807, 2.05) is 13.8 Å². The SMILES string of the molecule is CC(C)NC(=O)C(CCC(=O)O)c1cccc(F)c1. The van der Waals surface area contributed by atoms with Gasteiger partial charge in [-0.3, -0.25) is 9.59 Å². The van der Waals surface area contributed by atoms with E-state index in [0.29, 0.717) is 5.56 Å². The first-order valence-electron chi connectivity index (χ1n) is 6.17. The normalized spacial score (nSPS) is 12.2. The Bertz CT molecular complexity index is 460. The Morgan fingerprint density at radius 2 is 2.05 bits per heavy atom. The smallest absolute Gasteiger partial charge is 0.303 e. The van der Waals surface area contributed by atoms with Crippen LogP contribution >= 0.6 is 0 Å². The summed E-state index contributed by atoms with van der Waals surface area (Å²) in [7, 11) is 0. The average Bonchev–Trinajstić information content (AvgIpc) is 2.27. The van der Waals surface area contributed by atoms with Crippen molar-refractivity contribution in [2.45, 2.75) is 38.6 Å². The molecule has 1 aromatic carbocycles. The topological polar surface area (TPSA) is 66.4 Å².